The molecule has 1 heterocycles. The second-order valence-electron chi connectivity index (χ2n) is 5.06. The Bertz CT molecular complexity index is 190. The van der Waals surface area contributed by atoms with E-state index >= 15 is 0 Å². The van der Waals surface area contributed by atoms with Gasteiger partial charge in [0.1, 0.15) is 0 Å². The highest BCUT2D eigenvalue weighted by atomic mass is 16.5. The van der Waals surface area contributed by atoms with Crippen LogP contribution in [0.5, 0.6) is 0 Å². The molecule has 4 nitrogen and oxygen atoms in total. The Hall–Kier alpha value is -0.160. The average Bonchev–Trinajstić information content (AvgIpc) is 2.79. The van der Waals surface area contributed by atoms with Crippen molar-refractivity contribution < 1.29 is 4.74 Å². The van der Waals surface area contributed by atoms with Gasteiger partial charge in [-0.15, -0.1) is 0 Å². The van der Waals surface area contributed by atoms with Gasteiger partial charge in [0.2, 0.25) is 0 Å². The Morgan fingerprint density at radius 1 is 1.41 bits per heavy atom. The first-order chi connectivity index (χ1) is 8.26. The lowest BCUT2D eigenvalue weighted by Gasteiger charge is -2.21. The first-order valence-electron chi connectivity index (χ1n) is 6.86. The van der Waals surface area contributed by atoms with Crippen LogP contribution in [0.4, 0.5) is 0 Å². The summed E-state index contributed by atoms with van der Waals surface area (Å²) in [6.45, 7) is 11.2. The standard InChI is InChI=1S/C13H29N3O/c1-4-14-11-13-5-6-16(12-13)8-7-15(2)9-10-17-3/h13-14H,4-12H2,1-3H3. The summed E-state index contributed by atoms with van der Waals surface area (Å²) in [6, 6.07) is 0. The van der Waals surface area contributed by atoms with E-state index in [1.807, 2.05) is 0 Å². The molecular weight excluding hydrogens is 214 g/mol. The molecule has 0 aromatic carbocycles. The molecule has 1 fully saturated rings. The molecule has 1 saturated heterocycles. The van der Waals surface area contributed by atoms with Crippen LogP contribution in [0, 0.1) is 5.92 Å². The summed E-state index contributed by atoms with van der Waals surface area (Å²) >= 11 is 0. The van der Waals surface area contributed by atoms with E-state index in [2.05, 4.69) is 29.1 Å². The van der Waals surface area contributed by atoms with Crippen molar-refractivity contribution in [2.45, 2.75) is 13.3 Å². The zero-order chi connectivity index (χ0) is 12.5. The molecule has 1 aliphatic rings. The third-order valence-electron chi connectivity index (χ3n) is 3.53. The van der Waals surface area contributed by atoms with Crippen LogP contribution in [0.2, 0.25) is 0 Å². The average molecular weight is 243 g/mol. The number of methoxy groups -OCH3 is 1. The van der Waals surface area contributed by atoms with E-state index in [4.69, 9.17) is 4.74 Å². The zero-order valence-corrected chi connectivity index (χ0v) is 11.7. The second kappa shape index (κ2) is 8.86. The lowest BCUT2D eigenvalue weighted by atomic mass is 10.1. The molecule has 17 heavy (non-hydrogen) atoms. The second-order valence-corrected chi connectivity index (χ2v) is 5.06. The van der Waals surface area contributed by atoms with Gasteiger partial charge in [-0.2, -0.15) is 0 Å². The molecule has 0 aromatic heterocycles. The Balaban J connectivity index is 2.05. The van der Waals surface area contributed by atoms with Gasteiger partial charge in [-0.3, -0.25) is 0 Å². The Kier molecular flexibility index (Phi) is 7.77. The third-order valence-corrected chi connectivity index (χ3v) is 3.53. The largest absolute Gasteiger partial charge is 0.383 e. The fourth-order valence-corrected chi connectivity index (χ4v) is 2.30. The van der Waals surface area contributed by atoms with E-state index in [-0.39, 0.29) is 0 Å². The first kappa shape index (κ1) is 14.9. The molecule has 0 bridgehead atoms. The van der Waals surface area contributed by atoms with Gasteiger partial charge < -0.3 is 19.9 Å². The number of ether oxygens (including phenoxy) is 1. The minimum absolute atomic E-state index is 0.833. The number of nitrogens with one attached hydrogen (secondary N) is 1. The van der Waals surface area contributed by atoms with Crippen molar-refractivity contribution in [3.05, 3.63) is 0 Å². The predicted molar refractivity (Wildman–Crippen MR) is 72.5 cm³/mol. The maximum Gasteiger partial charge on any atom is 0.0589 e. The fourth-order valence-electron chi connectivity index (χ4n) is 2.30. The summed E-state index contributed by atoms with van der Waals surface area (Å²) in [5.74, 6) is 0.860. The molecule has 0 spiro atoms. The summed E-state index contributed by atoms with van der Waals surface area (Å²) in [4.78, 5) is 4.94. The molecule has 4 heteroatoms. The smallest absolute Gasteiger partial charge is 0.0589 e. The normalized spacial score (nSPS) is 21.5. The summed E-state index contributed by atoms with van der Waals surface area (Å²) in [5.41, 5.74) is 0. The molecule has 1 rings (SSSR count). The molecular formula is C13H29N3O. The highest BCUT2D eigenvalue weighted by Gasteiger charge is 2.21. The lowest BCUT2D eigenvalue weighted by molar-refractivity contribution is 0.154. The van der Waals surface area contributed by atoms with E-state index in [0.717, 1.165) is 32.2 Å². The van der Waals surface area contributed by atoms with Crippen molar-refractivity contribution in [1.82, 2.24) is 15.1 Å². The number of likely N-dealkylation sites (N-methyl/N-ethyl adjacent to an activating group) is 1. The monoisotopic (exact) mass is 243 g/mol. The molecule has 102 valence electrons. The zero-order valence-electron chi connectivity index (χ0n) is 11.7. The summed E-state index contributed by atoms with van der Waals surface area (Å²) in [5, 5.41) is 3.45. The van der Waals surface area contributed by atoms with Gasteiger partial charge >= 0.3 is 0 Å². The highest BCUT2D eigenvalue weighted by Crippen LogP contribution is 2.14. The maximum absolute atomic E-state index is 5.08. The lowest BCUT2D eigenvalue weighted by Crippen LogP contribution is -2.34. The number of nitrogens with zero attached hydrogens (tertiary/aromatic N) is 2. The molecule has 1 unspecified atom stereocenters. The molecule has 0 saturated carbocycles. The minimum atomic E-state index is 0.833. The van der Waals surface area contributed by atoms with Gasteiger partial charge in [0, 0.05) is 33.3 Å². The molecule has 1 atom stereocenters. The number of hydrogen-bond acceptors (Lipinski definition) is 4. The SMILES string of the molecule is CCNCC1CCN(CCN(C)CCOC)C1. The van der Waals surface area contributed by atoms with Gasteiger partial charge in [0.15, 0.2) is 0 Å². The Morgan fingerprint density at radius 3 is 2.94 bits per heavy atom. The van der Waals surface area contributed by atoms with Crippen LogP contribution in [0.3, 0.4) is 0 Å². The molecule has 0 radical (unpaired) electrons. The van der Waals surface area contributed by atoms with E-state index in [9.17, 15) is 0 Å². The van der Waals surface area contributed by atoms with Gasteiger partial charge in [-0.1, -0.05) is 6.92 Å². The van der Waals surface area contributed by atoms with E-state index in [1.54, 1.807) is 7.11 Å². The maximum atomic E-state index is 5.08. The van der Waals surface area contributed by atoms with Crippen LogP contribution in [-0.4, -0.2) is 76.4 Å². The number of hydrogen-bond donors (Lipinski definition) is 1. The minimum Gasteiger partial charge on any atom is -0.383 e. The number of likely N-dealkylation sites (tertiary alicyclic amines) is 1. The Morgan fingerprint density at radius 2 is 2.24 bits per heavy atom. The third kappa shape index (κ3) is 6.36. The van der Waals surface area contributed by atoms with Gasteiger partial charge in [0.05, 0.1) is 6.61 Å². The molecule has 0 aliphatic carbocycles. The van der Waals surface area contributed by atoms with E-state index in [0.29, 0.717) is 0 Å². The van der Waals surface area contributed by atoms with Crippen molar-refractivity contribution in [2.24, 2.45) is 5.92 Å². The molecule has 0 amide bonds. The van der Waals surface area contributed by atoms with Crippen molar-refractivity contribution in [3.8, 4) is 0 Å². The molecule has 0 aromatic rings. The molecule has 1 aliphatic heterocycles. The van der Waals surface area contributed by atoms with Crippen LogP contribution >= 0.6 is 0 Å². The van der Waals surface area contributed by atoms with Gasteiger partial charge in [-0.25, -0.2) is 0 Å². The highest BCUT2D eigenvalue weighted by molar-refractivity contribution is 4.77. The van der Waals surface area contributed by atoms with Crippen LogP contribution < -0.4 is 5.32 Å². The van der Waals surface area contributed by atoms with E-state index < -0.39 is 0 Å². The van der Waals surface area contributed by atoms with Crippen LogP contribution in [0.15, 0.2) is 0 Å². The van der Waals surface area contributed by atoms with Gasteiger partial charge in [0.25, 0.3) is 0 Å². The fraction of sp³-hybridized carbons (Fsp3) is 1.00. The van der Waals surface area contributed by atoms with Crippen molar-refractivity contribution in [1.29, 1.82) is 0 Å². The summed E-state index contributed by atoms with van der Waals surface area (Å²) < 4.78 is 5.08. The first-order valence-corrected chi connectivity index (χ1v) is 6.86. The summed E-state index contributed by atoms with van der Waals surface area (Å²) in [6.07, 6.45) is 1.36. The summed E-state index contributed by atoms with van der Waals surface area (Å²) in [7, 11) is 3.94. The number of rotatable bonds is 9. The van der Waals surface area contributed by atoms with Crippen molar-refractivity contribution in [3.63, 3.8) is 0 Å². The Labute approximate surface area is 106 Å². The quantitative estimate of drug-likeness (QED) is 0.638. The van der Waals surface area contributed by atoms with Crippen LogP contribution in [0.25, 0.3) is 0 Å². The predicted octanol–water partition coefficient (Wildman–Crippen LogP) is 0.496. The van der Waals surface area contributed by atoms with Crippen LogP contribution in [0.1, 0.15) is 13.3 Å². The molecule has 1 N–H and O–H groups in total. The van der Waals surface area contributed by atoms with Gasteiger partial charge in [-0.05, 0) is 39.0 Å². The van der Waals surface area contributed by atoms with E-state index in [1.165, 1.54) is 32.6 Å². The van der Waals surface area contributed by atoms with Crippen LogP contribution in [-0.2, 0) is 4.74 Å². The topological polar surface area (TPSA) is 27.7 Å². The van der Waals surface area contributed by atoms with Crippen molar-refractivity contribution >= 4 is 0 Å². The van der Waals surface area contributed by atoms with Crippen molar-refractivity contribution in [2.75, 3.05) is 66.6 Å².